The van der Waals surface area contributed by atoms with Crippen molar-refractivity contribution in [1.82, 2.24) is 35.1 Å². The van der Waals surface area contributed by atoms with E-state index in [0.29, 0.717) is 23.4 Å². The number of carbonyl (C=O) groups is 1. The van der Waals surface area contributed by atoms with Gasteiger partial charge in [0.05, 0.1) is 17.1 Å². The van der Waals surface area contributed by atoms with Crippen LogP contribution in [0.5, 0.6) is 0 Å². The van der Waals surface area contributed by atoms with Crippen molar-refractivity contribution in [3.63, 3.8) is 0 Å². The molecule has 9 nitrogen and oxygen atoms in total. The van der Waals surface area contributed by atoms with Crippen LogP contribution < -0.4 is 5.73 Å². The second kappa shape index (κ2) is 6.11. The summed E-state index contributed by atoms with van der Waals surface area (Å²) in [6.45, 7) is 0.598. The van der Waals surface area contributed by atoms with Gasteiger partial charge in [-0.1, -0.05) is 5.10 Å². The number of anilines is 1. The average molecular weight is 344 g/mol. The molecule has 1 aliphatic heterocycles. The molecule has 1 aliphatic rings. The number of carbonyl (C=O) groups excluding carboxylic acids is 1. The number of H-pyrrole nitrogens is 1. The van der Waals surface area contributed by atoms with Gasteiger partial charge in [0.15, 0.2) is 0 Å². The number of hydrogen-bond acceptors (Lipinski definition) is 6. The lowest BCUT2D eigenvalue weighted by atomic mass is 10.0. The van der Waals surface area contributed by atoms with E-state index in [0.717, 1.165) is 19.3 Å². The number of aromatic nitrogens is 6. The zero-order chi connectivity index (χ0) is 17.4. The Morgan fingerprint density at radius 3 is 3.08 bits per heavy atom. The first-order valence-corrected chi connectivity index (χ1v) is 8.08. The highest BCUT2D eigenvalue weighted by Crippen LogP contribution is 2.31. The predicted octanol–water partition coefficient (Wildman–Crippen LogP) is 1.02. The van der Waals surface area contributed by atoms with Crippen molar-refractivity contribution < 1.29 is 9.18 Å². The van der Waals surface area contributed by atoms with Gasteiger partial charge in [0.25, 0.3) is 0 Å². The minimum absolute atomic E-state index is 0.0236. The van der Waals surface area contributed by atoms with Gasteiger partial charge in [-0.15, -0.1) is 0 Å². The van der Waals surface area contributed by atoms with Crippen LogP contribution in [0.25, 0.3) is 11.0 Å². The molecule has 0 bridgehead atoms. The van der Waals surface area contributed by atoms with Crippen molar-refractivity contribution in [2.75, 3.05) is 12.3 Å². The normalized spacial score (nSPS) is 18.0. The number of nitrogens with zero attached hydrogens (tertiary/aromatic N) is 6. The first-order valence-electron chi connectivity index (χ1n) is 8.08. The number of amides is 1. The molecule has 1 atom stereocenters. The molecule has 0 radical (unpaired) electrons. The Morgan fingerprint density at radius 2 is 2.28 bits per heavy atom. The molecular formula is C15H17FN8O. The SMILES string of the molecule is Nc1nnnn1CC(=O)N1CCCCC1c1nc2ccc(F)cc2[nH]1. The first-order chi connectivity index (χ1) is 12.1. The van der Waals surface area contributed by atoms with E-state index in [4.69, 9.17) is 5.73 Å². The topological polar surface area (TPSA) is 119 Å². The molecule has 1 fully saturated rings. The first kappa shape index (κ1) is 15.5. The summed E-state index contributed by atoms with van der Waals surface area (Å²) in [5.74, 6) is 0.309. The summed E-state index contributed by atoms with van der Waals surface area (Å²) in [4.78, 5) is 22.2. The second-order valence-electron chi connectivity index (χ2n) is 6.08. The van der Waals surface area contributed by atoms with Crippen molar-refractivity contribution in [2.24, 2.45) is 0 Å². The Kier molecular flexibility index (Phi) is 3.79. The van der Waals surface area contributed by atoms with Gasteiger partial charge in [-0.25, -0.2) is 14.1 Å². The number of halogens is 1. The van der Waals surface area contributed by atoms with Crippen LogP contribution in [-0.4, -0.2) is 47.5 Å². The van der Waals surface area contributed by atoms with Crippen LogP contribution in [0.15, 0.2) is 18.2 Å². The van der Waals surface area contributed by atoms with Gasteiger partial charge < -0.3 is 15.6 Å². The lowest BCUT2D eigenvalue weighted by molar-refractivity contribution is -0.136. The largest absolute Gasteiger partial charge is 0.367 e. The number of benzene rings is 1. The Balaban J connectivity index is 1.61. The quantitative estimate of drug-likeness (QED) is 0.732. The molecular weight excluding hydrogens is 327 g/mol. The summed E-state index contributed by atoms with van der Waals surface area (Å²) in [5, 5.41) is 10.7. The molecule has 1 amide bonds. The highest BCUT2D eigenvalue weighted by molar-refractivity contribution is 5.78. The predicted molar refractivity (Wildman–Crippen MR) is 86.6 cm³/mol. The molecule has 4 rings (SSSR count). The van der Waals surface area contributed by atoms with Gasteiger partial charge in [-0.3, -0.25) is 4.79 Å². The number of tetrazole rings is 1. The van der Waals surface area contributed by atoms with Crippen molar-refractivity contribution >= 4 is 22.9 Å². The summed E-state index contributed by atoms with van der Waals surface area (Å²) in [5.41, 5.74) is 6.93. The van der Waals surface area contributed by atoms with Gasteiger partial charge in [-0.2, -0.15) is 0 Å². The fourth-order valence-electron chi connectivity index (χ4n) is 3.22. The molecule has 2 aromatic heterocycles. The molecule has 1 aromatic carbocycles. The number of hydrogen-bond donors (Lipinski definition) is 2. The van der Waals surface area contributed by atoms with Crippen molar-refractivity contribution in [3.05, 3.63) is 29.8 Å². The van der Waals surface area contributed by atoms with Gasteiger partial charge in [0.2, 0.25) is 11.9 Å². The van der Waals surface area contributed by atoms with Crippen LogP contribution in [0.3, 0.4) is 0 Å². The van der Waals surface area contributed by atoms with E-state index in [1.165, 1.54) is 16.8 Å². The van der Waals surface area contributed by atoms with Crippen molar-refractivity contribution in [2.45, 2.75) is 31.8 Å². The minimum Gasteiger partial charge on any atom is -0.367 e. The Hall–Kier alpha value is -3.04. The van der Waals surface area contributed by atoms with E-state index in [-0.39, 0.29) is 30.3 Å². The molecule has 0 saturated carbocycles. The smallest absolute Gasteiger partial charge is 0.245 e. The molecule has 3 N–H and O–H groups in total. The number of imidazole rings is 1. The van der Waals surface area contributed by atoms with Gasteiger partial charge in [0.1, 0.15) is 18.2 Å². The van der Waals surface area contributed by atoms with E-state index in [2.05, 4.69) is 25.5 Å². The van der Waals surface area contributed by atoms with Gasteiger partial charge in [-0.05, 0) is 47.9 Å². The summed E-state index contributed by atoms with van der Waals surface area (Å²) >= 11 is 0. The number of nitrogens with one attached hydrogen (secondary N) is 1. The summed E-state index contributed by atoms with van der Waals surface area (Å²) in [6.07, 6.45) is 2.70. The van der Waals surface area contributed by atoms with Crippen LogP contribution in [0.1, 0.15) is 31.1 Å². The van der Waals surface area contributed by atoms with Crippen LogP contribution >= 0.6 is 0 Å². The number of rotatable bonds is 3. The zero-order valence-electron chi connectivity index (χ0n) is 13.4. The van der Waals surface area contributed by atoms with Crippen molar-refractivity contribution in [3.8, 4) is 0 Å². The Morgan fingerprint density at radius 1 is 1.40 bits per heavy atom. The highest BCUT2D eigenvalue weighted by atomic mass is 19.1. The number of nitrogen functional groups attached to an aromatic ring is 1. The maximum atomic E-state index is 13.4. The Bertz CT molecular complexity index is 919. The number of nitrogens with two attached hydrogens (primary N) is 1. The second-order valence-corrected chi connectivity index (χ2v) is 6.08. The molecule has 10 heteroatoms. The van der Waals surface area contributed by atoms with Crippen LogP contribution in [-0.2, 0) is 11.3 Å². The summed E-state index contributed by atoms with van der Waals surface area (Å²) in [7, 11) is 0. The van der Waals surface area contributed by atoms with E-state index in [1.807, 2.05) is 0 Å². The fourth-order valence-corrected chi connectivity index (χ4v) is 3.22. The highest BCUT2D eigenvalue weighted by Gasteiger charge is 2.30. The van der Waals surface area contributed by atoms with Crippen molar-refractivity contribution in [1.29, 1.82) is 0 Å². The monoisotopic (exact) mass is 344 g/mol. The zero-order valence-corrected chi connectivity index (χ0v) is 13.4. The molecule has 3 heterocycles. The average Bonchev–Trinajstić information content (AvgIpc) is 3.20. The third-order valence-corrected chi connectivity index (χ3v) is 4.45. The Labute approximate surface area is 142 Å². The summed E-state index contributed by atoms with van der Waals surface area (Å²) in [6, 6.07) is 4.22. The number of likely N-dealkylation sites (tertiary alicyclic amines) is 1. The maximum Gasteiger partial charge on any atom is 0.245 e. The van der Waals surface area contributed by atoms with E-state index in [1.54, 1.807) is 11.0 Å². The van der Waals surface area contributed by atoms with Crippen LogP contribution in [0.2, 0.25) is 0 Å². The maximum absolute atomic E-state index is 13.4. The summed E-state index contributed by atoms with van der Waals surface area (Å²) < 4.78 is 14.7. The van der Waals surface area contributed by atoms with E-state index >= 15 is 0 Å². The standard InChI is InChI=1S/C15H17FN8O/c16-9-4-5-10-11(7-9)19-14(18-10)12-3-1-2-6-23(12)13(25)8-24-15(17)20-21-22-24/h4-5,7,12H,1-3,6,8H2,(H,18,19)(H2,17,20,22). The molecule has 1 unspecified atom stereocenters. The molecule has 0 aliphatic carbocycles. The number of aromatic amines is 1. The lowest BCUT2D eigenvalue weighted by Gasteiger charge is -2.34. The van der Waals surface area contributed by atoms with Gasteiger partial charge >= 0.3 is 0 Å². The minimum atomic E-state index is -0.326. The number of piperidine rings is 1. The third kappa shape index (κ3) is 2.90. The number of fused-ring (bicyclic) bond motifs is 1. The molecule has 130 valence electrons. The van der Waals surface area contributed by atoms with E-state index < -0.39 is 0 Å². The van der Waals surface area contributed by atoms with Crippen LogP contribution in [0.4, 0.5) is 10.3 Å². The third-order valence-electron chi connectivity index (χ3n) is 4.45. The lowest BCUT2D eigenvalue weighted by Crippen LogP contribution is -2.41. The fraction of sp³-hybridized carbons (Fsp3) is 0.400. The van der Waals surface area contributed by atoms with Gasteiger partial charge in [0, 0.05) is 6.54 Å². The molecule has 25 heavy (non-hydrogen) atoms. The van der Waals surface area contributed by atoms with E-state index in [9.17, 15) is 9.18 Å². The molecule has 1 saturated heterocycles. The van der Waals surface area contributed by atoms with Crippen LogP contribution in [0, 0.1) is 5.82 Å². The molecule has 0 spiro atoms. The molecule has 3 aromatic rings.